The summed E-state index contributed by atoms with van der Waals surface area (Å²) in [7, 11) is 0. The zero-order valence-electron chi connectivity index (χ0n) is 12.2. The Morgan fingerprint density at radius 3 is 2.77 bits per heavy atom. The summed E-state index contributed by atoms with van der Waals surface area (Å²) < 4.78 is 7.12. The summed E-state index contributed by atoms with van der Waals surface area (Å²) in [4.78, 5) is 20.4. The lowest BCUT2D eigenvalue weighted by Gasteiger charge is -2.13. The number of amides is 1. The van der Waals surface area contributed by atoms with Crippen LogP contribution < -0.4 is 10.1 Å². The summed E-state index contributed by atoms with van der Waals surface area (Å²) in [5.41, 5.74) is 0.881. The average molecular weight is 297 g/mol. The lowest BCUT2D eigenvalue weighted by atomic mass is 10.3. The summed E-state index contributed by atoms with van der Waals surface area (Å²) in [5.74, 6) is 0.949. The molecule has 1 amide bonds. The Balaban J connectivity index is 1.71. The predicted molar refractivity (Wildman–Crippen MR) is 80.7 cm³/mol. The van der Waals surface area contributed by atoms with Crippen molar-refractivity contribution in [1.82, 2.24) is 19.6 Å². The number of hydrogen-bond acceptors (Lipinski definition) is 5. The van der Waals surface area contributed by atoms with Crippen molar-refractivity contribution in [2.45, 2.75) is 20.0 Å². The number of rotatable bonds is 4. The number of hydrogen-bond donors (Lipinski definition) is 1. The van der Waals surface area contributed by atoms with Crippen LogP contribution in [0.5, 0.6) is 5.75 Å². The van der Waals surface area contributed by atoms with E-state index in [1.54, 1.807) is 29.8 Å². The number of fused-ring (bicyclic) bond motifs is 1. The first kappa shape index (κ1) is 14.0. The van der Waals surface area contributed by atoms with E-state index in [1.807, 2.05) is 31.2 Å². The summed E-state index contributed by atoms with van der Waals surface area (Å²) in [6, 6.07) is 11.0. The van der Waals surface area contributed by atoms with Crippen molar-refractivity contribution >= 4 is 17.6 Å². The van der Waals surface area contributed by atoms with Gasteiger partial charge in [-0.05, 0) is 32.0 Å². The maximum atomic E-state index is 12.1. The second-order valence-electron chi connectivity index (χ2n) is 4.80. The summed E-state index contributed by atoms with van der Waals surface area (Å²) in [5, 5.41) is 6.83. The second-order valence-corrected chi connectivity index (χ2v) is 4.80. The highest BCUT2D eigenvalue weighted by Gasteiger charge is 2.17. The van der Waals surface area contributed by atoms with E-state index >= 15 is 0 Å². The number of carbonyl (C=O) groups is 1. The van der Waals surface area contributed by atoms with Gasteiger partial charge in [0.05, 0.1) is 0 Å². The Bertz CT molecular complexity index is 800. The molecule has 0 aliphatic carbocycles. The van der Waals surface area contributed by atoms with Crippen molar-refractivity contribution < 1.29 is 9.53 Å². The van der Waals surface area contributed by atoms with Gasteiger partial charge >= 0.3 is 0 Å². The van der Waals surface area contributed by atoms with Crippen molar-refractivity contribution in [3.05, 3.63) is 48.3 Å². The van der Waals surface area contributed by atoms with Crippen LogP contribution in [0, 0.1) is 6.92 Å². The summed E-state index contributed by atoms with van der Waals surface area (Å²) in [6.07, 6.45) is 0.981. The van der Waals surface area contributed by atoms with E-state index in [2.05, 4.69) is 20.4 Å². The van der Waals surface area contributed by atoms with E-state index in [1.165, 1.54) is 0 Å². The Hall–Kier alpha value is -2.96. The normalized spacial score (nSPS) is 12.1. The maximum Gasteiger partial charge on any atom is 0.267 e. The Labute approximate surface area is 127 Å². The van der Waals surface area contributed by atoms with Crippen molar-refractivity contribution in [1.29, 1.82) is 0 Å². The fourth-order valence-electron chi connectivity index (χ4n) is 1.93. The second kappa shape index (κ2) is 5.80. The topological polar surface area (TPSA) is 81.4 Å². The molecule has 0 radical (unpaired) electrons. The molecule has 22 heavy (non-hydrogen) atoms. The molecule has 0 saturated carbocycles. The first-order valence-corrected chi connectivity index (χ1v) is 6.84. The van der Waals surface area contributed by atoms with Crippen LogP contribution in [0.15, 0.2) is 42.6 Å². The van der Waals surface area contributed by atoms with Crippen molar-refractivity contribution in [2.75, 3.05) is 5.32 Å². The van der Waals surface area contributed by atoms with E-state index in [9.17, 15) is 4.79 Å². The molecule has 0 saturated heterocycles. The largest absolute Gasteiger partial charge is 0.481 e. The van der Waals surface area contributed by atoms with E-state index in [4.69, 9.17) is 4.74 Å². The monoisotopic (exact) mass is 297 g/mol. The Morgan fingerprint density at radius 1 is 1.27 bits per heavy atom. The molecule has 0 aliphatic heterocycles. The third kappa shape index (κ3) is 2.88. The van der Waals surface area contributed by atoms with Gasteiger partial charge in [0.2, 0.25) is 0 Å². The van der Waals surface area contributed by atoms with E-state index in [0.717, 1.165) is 5.69 Å². The number of aryl methyl sites for hydroxylation is 1. The number of ether oxygens (including phenoxy) is 1. The molecule has 3 aromatic rings. The van der Waals surface area contributed by atoms with Gasteiger partial charge in [0.15, 0.2) is 6.10 Å². The van der Waals surface area contributed by atoms with Crippen LogP contribution in [0.3, 0.4) is 0 Å². The average Bonchev–Trinajstić information content (AvgIpc) is 2.92. The number of benzene rings is 1. The van der Waals surface area contributed by atoms with Crippen LogP contribution in [0.4, 0.5) is 5.95 Å². The van der Waals surface area contributed by atoms with E-state index in [-0.39, 0.29) is 11.9 Å². The molecule has 1 N–H and O–H groups in total. The smallest absolute Gasteiger partial charge is 0.267 e. The first-order valence-electron chi connectivity index (χ1n) is 6.84. The highest BCUT2D eigenvalue weighted by atomic mass is 16.5. The van der Waals surface area contributed by atoms with E-state index in [0.29, 0.717) is 11.5 Å². The molecule has 2 heterocycles. The third-order valence-electron chi connectivity index (χ3n) is 3.09. The zero-order chi connectivity index (χ0) is 15.5. The molecule has 2 aromatic heterocycles. The molecule has 7 nitrogen and oxygen atoms in total. The SMILES string of the molecule is Cc1ccnc2nc(NC(=O)C(C)Oc3ccccc3)nn12. The maximum absolute atomic E-state index is 12.1. The van der Waals surface area contributed by atoms with Gasteiger partial charge in [-0.2, -0.15) is 9.50 Å². The summed E-state index contributed by atoms with van der Waals surface area (Å²) >= 11 is 0. The zero-order valence-corrected chi connectivity index (χ0v) is 12.2. The lowest BCUT2D eigenvalue weighted by molar-refractivity contribution is -0.122. The molecule has 0 fully saturated rings. The molecular weight excluding hydrogens is 282 g/mol. The van der Waals surface area contributed by atoms with Gasteiger partial charge in [0.25, 0.3) is 17.6 Å². The molecule has 1 atom stereocenters. The number of para-hydroxylation sites is 1. The van der Waals surface area contributed by atoms with Gasteiger partial charge in [0, 0.05) is 11.9 Å². The fraction of sp³-hybridized carbons (Fsp3) is 0.200. The quantitative estimate of drug-likeness (QED) is 0.794. The number of nitrogens with one attached hydrogen (secondary N) is 1. The van der Waals surface area contributed by atoms with Gasteiger partial charge in [-0.25, -0.2) is 4.98 Å². The lowest BCUT2D eigenvalue weighted by Crippen LogP contribution is -2.30. The van der Waals surface area contributed by atoms with Gasteiger partial charge < -0.3 is 4.74 Å². The van der Waals surface area contributed by atoms with Gasteiger partial charge in [-0.1, -0.05) is 18.2 Å². The molecule has 1 aromatic carbocycles. The number of carbonyl (C=O) groups excluding carboxylic acids is 1. The molecule has 0 aliphatic rings. The Morgan fingerprint density at radius 2 is 2.05 bits per heavy atom. The molecule has 112 valence electrons. The number of aromatic nitrogens is 4. The first-order chi connectivity index (χ1) is 10.6. The highest BCUT2D eigenvalue weighted by molar-refractivity contribution is 5.92. The highest BCUT2D eigenvalue weighted by Crippen LogP contribution is 2.12. The molecule has 3 rings (SSSR count). The fourth-order valence-corrected chi connectivity index (χ4v) is 1.93. The van der Waals surface area contributed by atoms with Crippen molar-refractivity contribution in [3.8, 4) is 5.75 Å². The van der Waals surface area contributed by atoms with Crippen molar-refractivity contribution in [3.63, 3.8) is 0 Å². The minimum absolute atomic E-state index is 0.204. The minimum Gasteiger partial charge on any atom is -0.481 e. The molecule has 7 heteroatoms. The number of nitrogens with zero attached hydrogens (tertiary/aromatic N) is 4. The van der Waals surface area contributed by atoms with Crippen LogP contribution in [0.2, 0.25) is 0 Å². The van der Waals surface area contributed by atoms with Gasteiger partial charge in [0.1, 0.15) is 5.75 Å². The molecule has 0 spiro atoms. The van der Waals surface area contributed by atoms with E-state index < -0.39 is 6.10 Å². The third-order valence-corrected chi connectivity index (χ3v) is 3.09. The van der Waals surface area contributed by atoms with Crippen LogP contribution in [0.25, 0.3) is 5.78 Å². The minimum atomic E-state index is -0.664. The van der Waals surface area contributed by atoms with Gasteiger partial charge in [-0.15, -0.1) is 5.10 Å². The van der Waals surface area contributed by atoms with Crippen LogP contribution in [-0.2, 0) is 4.79 Å². The molecular formula is C15H15N5O2. The molecule has 0 bridgehead atoms. The van der Waals surface area contributed by atoms with Gasteiger partial charge in [-0.3, -0.25) is 10.1 Å². The van der Waals surface area contributed by atoms with Crippen LogP contribution >= 0.6 is 0 Å². The van der Waals surface area contributed by atoms with Crippen LogP contribution in [-0.4, -0.2) is 31.6 Å². The predicted octanol–water partition coefficient (Wildman–Crippen LogP) is 1.84. The molecule has 1 unspecified atom stereocenters. The summed E-state index contributed by atoms with van der Waals surface area (Å²) in [6.45, 7) is 3.55. The van der Waals surface area contributed by atoms with Crippen molar-refractivity contribution in [2.24, 2.45) is 0 Å². The Kier molecular flexibility index (Phi) is 3.69. The standard InChI is InChI=1S/C15H15N5O2/c1-10-8-9-16-15-18-14(19-20(10)15)17-13(21)11(2)22-12-6-4-3-5-7-12/h3-9,11H,1-2H3,(H,17,19,21). The number of anilines is 1. The van der Waals surface area contributed by atoms with Crippen LogP contribution in [0.1, 0.15) is 12.6 Å².